The van der Waals surface area contributed by atoms with Gasteiger partial charge in [-0.05, 0) is 42.7 Å². The molecule has 2 aromatic rings. The fourth-order valence-electron chi connectivity index (χ4n) is 2.18. The van der Waals surface area contributed by atoms with E-state index >= 15 is 0 Å². The third kappa shape index (κ3) is 2.81. The summed E-state index contributed by atoms with van der Waals surface area (Å²) >= 11 is 0. The van der Waals surface area contributed by atoms with Crippen LogP contribution in [0, 0.1) is 0 Å². The zero-order valence-corrected chi connectivity index (χ0v) is 10.7. The molecule has 1 aromatic carbocycles. The molecule has 1 saturated carbocycles. The van der Waals surface area contributed by atoms with E-state index < -0.39 is 0 Å². The Morgan fingerprint density at radius 2 is 1.79 bits per heavy atom. The highest BCUT2D eigenvalue weighted by atomic mass is 16.2. The van der Waals surface area contributed by atoms with Crippen molar-refractivity contribution in [3.05, 3.63) is 66.0 Å². The van der Waals surface area contributed by atoms with Gasteiger partial charge in [0.1, 0.15) is 0 Å². The molecule has 0 atom stereocenters. The molecule has 3 rings (SSSR count). The normalized spacial score (nSPS) is 14.1. The first-order valence-corrected chi connectivity index (χ1v) is 6.59. The van der Waals surface area contributed by atoms with Gasteiger partial charge in [-0.3, -0.25) is 9.78 Å². The van der Waals surface area contributed by atoms with Crippen molar-refractivity contribution in [2.24, 2.45) is 0 Å². The van der Waals surface area contributed by atoms with Gasteiger partial charge in [0.2, 0.25) is 0 Å². The van der Waals surface area contributed by atoms with Gasteiger partial charge in [-0.1, -0.05) is 18.2 Å². The van der Waals surface area contributed by atoms with Gasteiger partial charge >= 0.3 is 0 Å². The van der Waals surface area contributed by atoms with Crippen molar-refractivity contribution in [1.82, 2.24) is 9.88 Å². The Bertz CT molecular complexity index is 549. The van der Waals surface area contributed by atoms with Gasteiger partial charge in [-0.15, -0.1) is 0 Å². The summed E-state index contributed by atoms with van der Waals surface area (Å²) in [6.07, 6.45) is 5.77. The molecule has 1 aliphatic rings. The van der Waals surface area contributed by atoms with Crippen molar-refractivity contribution in [3.63, 3.8) is 0 Å². The van der Waals surface area contributed by atoms with Crippen molar-refractivity contribution in [2.45, 2.75) is 25.4 Å². The van der Waals surface area contributed by atoms with Crippen LogP contribution in [0.3, 0.4) is 0 Å². The highest BCUT2D eigenvalue weighted by Crippen LogP contribution is 2.29. The summed E-state index contributed by atoms with van der Waals surface area (Å²) in [4.78, 5) is 18.5. The van der Waals surface area contributed by atoms with Gasteiger partial charge in [-0.25, -0.2) is 0 Å². The Morgan fingerprint density at radius 3 is 2.42 bits per heavy atom. The molecule has 1 fully saturated rings. The predicted molar refractivity (Wildman–Crippen MR) is 73.6 cm³/mol. The summed E-state index contributed by atoms with van der Waals surface area (Å²) in [5.41, 5.74) is 1.90. The Labute approximate surface area is 112 Å². The van der Waals surface area contributed by atoms with Crippen LogP contribution >= 0.6 is 0 Å². The van der Waals surface area contributed by atoms with Crippen molar-refractivity contribution in [3.8, 4) is 0 Å². The Balaban J connectivity index is 1.80. The number of benzene rings is 1. The second kappa shape index (κ2) is 5.22. The largest absolute Gasteiger partial charge is 0.331 e. The van der Waals surface area contributed by atoms with E-state index in [1.54, 1.807) is 12.4 Å². The number of carbonyl (C=O) groups excluding carboxylic acids is 1. The standard InChI is InChI=1S/C16H16N2O/c19-16(14-4-2-1-3-5-14)18(15-6-7-15)12-13-8-10-17-11-9-13/h1-5,8-11,15H,6-7,12H2. The minimum atomic E-state index is 0.125. The van der Waals surface area contributed by atoms with Crippen molar-refractivity contribution in [2.75, 3.05) is 0 Å². The summed E-state index contributed by atoms with van der Waals surface area (Å²) in [5.74, 6) is 0.125. The zero-order valence-electron chi connectivity index (χ0n) is 10.7. The number of pyridine rings is 1. The molecule has 1 amide bonds. The van der Waals surface area contributed by atoms with E-state index in [0.29, 0.717) is 12.6 Å². The van der Waals surface area contributed by atoms with Crippen molar-refractivity contribution < 1.29 is 4.79 Å². The first-order valence-electron chi connectivity index (χ1n) is 6.59. The van der Waals surface area contributed by atoms with Crippen LogP contribution in [-0.2, 0) is 6.54 Å². The topological polar surface area (TPSA) is 33.2 Å². The average molecular weight is 252 g/mol. The number of aromatic nitrogens is 1. The van der Waals surface area contributed by atoms with Gasteiger partial charge in [-0.2, -0.15) is 0 Å². The number of hydrogen-bond acceptors (Lipinski definition) is 2. The predicted octanol–water partition coefficient (Wildman–Crippen LogP) is 2.89. The molecule has 1 aromatic heterocycles. The van der Waals surface area contributed by atoms with E-state index in [1.165, 1.54) is 0 Å². The molecule has 19 heavy (non-hydrogen) atoms. The minimum absolute atomic E-state index is 0.125. The lowest BCUT2D eigenvalue weighted by Gasteiger charge is -2.22. The summed E-state index contributed by atoms with van der Waals surface area (Å²) in [6, 6.07) is 13.8. The summed E-state index contributed by atoms with van der Waals surface area (Å²) in [7, 11) is 0. The molecule has 0 N–H and O–H groups in total. The van der Waals surface area contributed by atoms with Crippen LogP contribution in [-0.4, -0.2) is 21.8 Å². The molecule has 3 nitrogen and oxygen atoms in total. The van der Waals surface area contributed by atoms with E-state index in [-0.39, 0.29) is 5.91 Å². The molecule has 1 aliphatic carbocycles. The Hall–Kier alpha value is -2.16. The van der Waals surface area contributed by atoms with Crippen LogP contribution in [0.1, 0.15) is 28.8 Å². The smallest absolute Gasteiger partial charge is 0.254 e. The van der Waals surface area contributed by atoms with Crippen molar-refractivity contribution >= 4 is 5.91 Å². The van der Waals surface area contributed by atoms with Gasteiger partial charge in [0.25, 0.3) is 5.91 Å². The van der Waals surface area contributed by atoms with Crippen molar-refractivity contribution in [1.29, 1.82) is 0 Å². The molecule has 0 unspecified atom stereocenters. The van der Waals surface area contributed by atoms with E-state index in [0.717, 1.165) is 24.0 Å². The minimum Gasteiger partial charge on any atom is -0.331 e. The molecule has 0 aliphatic heterocycles. The summed E-state index contributed by atoms with van der Waals surface area (Å²) in [6.45, 7) is 0.668. The Morgan fingerprint density at radius 1 is 1.11 bits per heavy atom. The van der Waals surface area contributed by atoms with E-state index in [4.69, 9.17) is 0 Å². The molecule has 0 radical (unpaired) electrons. The third-order valence-electron chi connectivity index (χ3n) is 3.37. The molecule has 96 valence electrons. The molecule has 1 heterocycles. The van der Waals surface area contributed by atoms with Crippen LogP contribution in [0.5, 0.6) is 0 Å². The van der Waals surface area contributed by atoms with E-state index in [1.807, 2.05) is 47.4 Å². The molecule has 0 saturated heterocycles. The number of carbonyl (C=O) groups is 1. The maximum atomic E-state index is 12.5. The fourth-order valence-corrected chi connectivity index (χ4v) is 2.18. The fraction of sp³-hybridized carbons (Fsp3) is 0.250. The molecular formula is C16H16N2O. The zero-order chi connectivity index (χ0) is 13.1. The second-order valence-corrected chi connectivity index (χ2v) is 4.89. The van der Waals surface area contributed by atoms with E-state index in [9.17, 15) is 4.79 Å². The maximum absolute atomic E-state index is 12.5. The second-order valence-electron chi connectivity index (χ2n) is 4.89. The third-order valence-corrected chi connectivity index (χ3v) is 3.37. The van der Waals surface area contributed by atoms with Crippen LogP contribution in [0.2, 0.25) is 0 Å². The number of nitrogens with zero attached hydrogens (tertiary/aromatic N) is 2. The lowest BCUT2D eigenvalue weighted by molar-refractivity contribution is 0.0730. The number of amides is 1. The first kappa shape index (κ1) is 11.9. The summed E-state index contributed by atoms with van der Waals surface area (Å²) < 4.78 is 0. The number of hydrogen-bond donors (Lipinski definition) is 0. The molecule has 0 spiro atoms. The van der Waals surface area contributed by atoms with Crippen LogP contribution in [0.15, 0.2) is 54.9 Å². The van der Waals surface area contributed by atoms with Gasteiger partial charge < -0.3 is 4.90 Å². The lowest BCUT2D eigenvalue weighted by Crippen LogP contribution is -2.32. The average Bonchev–Trinajstić information content (AvgIpc) is 3.31. The van der Waals surface area contributed by atoms with Gasteiger partial charge in [0, 0.05) is 30.5 Å². The first-order chi connectivity index (χ1) is 9.34. The SMILES string of the molecule is O=C(c1ccccc1)N(Cc1ccncc1)C1CC1. The molecule has 3 heteroatoms. The van der Waals surface area contributed by atoms with Crippen LogP contribution in [0.4, 0.5) is 0 Å². The molecule has 0 bridgehead atoms. The maximum Gasteiger partial charge on any atom is 0.254 e. The van der Waals surface area contributed by atoms with Gasteiger partial charge in [0.15, 0.2) is 0 Å². The highest BCUT2D eigenvalue weighted by Gasteiger charge is 2.32. The monoisotopic (exact) mass is 252 g/mol. The highest BCUT2D eigenvalue weighted by molar-refractivity contribution is 5.94. The molecular weight excluding hydrogens is 236 g/mol. The summed E-state index contributed by atoms with van der Waals surface area (Å²) in [5, 5.41) is 0. The van der Waals surface area contributed by atoms with Crippen LogP contribution in [0.25, 0.3) is 0 Å². The Kier molecular flexibility index (Phi) is 3.27. The van der Waals surface area contributed by atoms with Gasteiger partial charge in [0.05, 0.1) is 0 Å². The number of rotatable bonds is 4. The quantitative estimate of drug-likeness (QED) is 0.838. The van der Waals surface area contributed by atoms with Crippen LogP contribution < -0.4 is 0 Å². The van der Waals surface area contributed by atoms with E-state index in [2.05, 4.69) is 4.98 Å². The lowest BCUT2D eigenvalue weighted by atomic mass is 10.1.